The number of carboxylic acid groups (broad SMARTS) is 1. The van der Waals surface area contributed by atoms with Crippen LogP contribution in [0.3, 0.4) is 0 Å². The van der Waals surface area contributed by atoms with Crippen molar-refractivity contribution in [3.05, 3.63) is 24.8 Å². The van der Waals surface area contributed by atoms with Gasteiger partial charge >= 0.3 is 11.9 Å². The fourth-order valence-corrected chi connectivity index (χ4v) is 2.94. The van der Waals surface area contributed by atoms with Gasteiger partial charge in [0.05, 0.1) is 19.8 Å². The Morgan fingerprint density at radius 2 is 1.03 bits per heavy atom. The van der Waals surface area contributed by atoms with Crippen LogP contribution >= 0.6 is 0 Å². The van der Waals surface area contributed by atoms with E-state index in [2.05, 4.69) is 20.1 Å². The van der Waals surface area contributed by atoms with Gasteiger partial charge in [0.1, 0.15) is 0 Å². The van der Waals surface area contributed by atoms with E-state index in [9.17, 15) is 9.59 Å². The normalized spacial score (nSPS) is 9.70. The van der Waals surface area contributed by atoms with Gasteiger partial charge in [-0.1, -0.05) is 116 Å². The number of aliphatic carboxylic acids is 1. The number of carbonyl (C=O) groups excluding carboxylic acids is 1. The van der Waals surface area contributed by atoms with Crippen LogP contribution in [0.4, 0.5) is 0 Å². The third kappa shape index (κ3) is 41.1. The van der Waals surface area contributed by atoms with Crippen LogP contribution in [0.1, 0.15) is 117 Å². The monoisotopic (exact) mass is 472 g/mol. The molecule has 6 heteroatoms. The first kappa shape index (κ1) is 35.9. The Balaban J connectivity index is -0.000000841. The molecule has 0 spiro atoms. The highest BCUT2D eigenvalue weighted by Gasteiger charge is 2.01. The van der Waals surface area contributed by atoms with Crippen LogP contribution in [0, 0.1) is 0 Å². The van der Waals surface area contributed by atoms with Crippen molar-refractivity contribution >= 4 is 11.9 Å². The summed E-state index contributed by atoms with van der Waals surface area (Å²) in [5, 5.41) is 22.9. The highest BCUT2D eigenvalue weighted by Crippen LogP contribution is 2.13. The topological polar surface area (TPSA) is 104 Å². The molecule has 0 fully saturated rings. The van der Waals surface area contributed by atoms with Crippen LogP contribution in [-0.2, 0) is 14.3 Å². The largest absolute Gasteiger partial charge is 0.478 e. The van der Waals surface area contributed by atoms with Crippen LogP contribution in [0.15, 0.2) is 24.8 Å². The first-order chi connectivity index (χ1) is 15.9. The number of hydrogen-bond acceptors (Lipinski definition) is 5. The molecule has 0 radical (unpaired) electrons. The average molecular weight is 473 g/mol. The molecule has 0 bridgehead atoms. The number of ether oxygens (including phenoxy) is 1. The molecule has 0 atom stereocenters. The Hall–Kier alpha value is -1.66. The van der Waals surface area contributed by atoms with E-state index in [4.69, 9.17) is 20.1 Å². The van der Waals surface area contributed by atoms with Crippen molar-refractivity contribution in [2.24, 2.45) is 0 Å². The summed E-state index contributed by atoms with van der Waals surface area (Å²) in [6.07, 6.45) is 22.6. The van der Waals surface area contributed by atoms with Crippen LogP contribution in [0.5, 0.6) is 0 Å². The predicted molar refractivity (Wildman–Crippen MR) is 137 cm³/mol. The number of aliphatic hydroxyl groups is 2. The molecular weight excluding hydrogens is 420 g/mol. The van der Waals surface area contributed by atoms with E-state index in [1.54, 1.807) is 6.92 Å². The van der Waals surface area contributed by atoms with Crippen LogP contribution in [0.25, 0.3) is 0 Å². The van der Waals surface area contributed by atoms with Gasteiger partial charge in [-0.15, -0.1) is 0 Å². The van der Waals surface area contributed by atoms with Gasteiger partial charge in [0.25, 0.3) is 0 Å². The number of unbranched alkanes of at least 4 members (excludes halogenated alkanes) is 15. The zero-order valence-electron chi connectivity index (χ0n) is 21.5. The first-order valence-electron chi connectivity index (χ1n) is 12.8. The molecule has 0 heterocycles. The molecule has 0 aliphatic rings. The lowest BCUT2D eigenvalue weighted by atomic mass is 10.0. The second-order valence-electron chi connectivity index (χ2n) is 8.21. The summed E-state index contributed by atoms with van der Waals surface area (Å²) in [7, 11) is 0. The van der Waals surface area contributed by atoms with Crippen molar-refractivity contribution in [2.75, 3.05) is 19.8 Å². The standard InChI is InChI=1S/C22H42O2.C3H4O2.C2H6O2/c1-4-5-6-7-8-9-10-11-12-13-14-15-16-17-18-19-20-24-22(23)21(2)3;1-2-3(4)5;3-1-2-4/h2,4-20H2,1,3H3;2H,1H2,(H,4,5);3-4H,1-2H2. The molecular formula is C27H52O6. The van der Waals surface area contributed by atoms with E-state index in [0.717, 1.165) is 12.5 Å². The zero-order valence-corrected chi connectivity index (χ0v) is 21.5. The molecule has 0 rings (SSSR count). The number of carboxylic acids is 1. The number of carbonyl (C=O) groups is 2. The molecule has 6 nitrogen and oxygen atoms in total. The molecule has 0 aliphatic carbocycles. The fraction of sp³-hybridized carbons (Fsp3) is 0.778. The summed E-state index contributed by atoms with van der Waals surface area (Å²) in [6, 6.07) is 0. The third-order valence-corrected chi connectivity index (χ3v) is 4.85. The van der Waals surface area contributed by atoms with Gasteiger partial charge in [0.2, 0.25) is 0 Å². The Bertz CT molecular complexity index is 446. The molecule has 0 unspecified atom stereocenters. The zero-order chi connectivity index (χ0) is 25.6. The molecule has 33 heavy (non-hydrogen) atoms. The first-order valence-corrected chi connectivity index (χ1v) is 12.8. The summed E-state index contributed by atoms with van der Waals surface area (Å²) in [5.41, 5.74) is 0.492. The molecule has 0 aromatic rings. The van der Waals surface area contributed by atoms with Crippen LogP contribution in [-0.4, -0.2) is 47.1 Å². The van der Waals surface area contributed by atoms with Gasteiger partial charge in [0, 0.05) is 11.6 Å². The number of hydrogen-bond donors (Lipinski definition) is 3. The summed E-state index contributed by atoms with van der Waals surface area (Å²) in [4.78, 5) is 20.4. The molecule has 0 saturated heterocycles. The summed E-state index contributed by atoms with van der Waals surface area (Å²) < 4.78 is 5.08. The maximum Gasteiger partial charge on any atom is 0.333 e. The minimum atomic E-state index is -0.981. The quantitative estimate of drug-likeness (QED) is 0.105. The molecule has 0 saturated carbocycles. The molecule has 196 valence electrons. The molecule has 0 aromatic heterocycles. The van der Waals surface area contributed by atoms with Gasteiger partial charge in [0.15, 0.2) is 0 Å². The molecule has 0 aliphatic heterocycles. The van der Waals surface area contributed by atoms with Gasteiger partial charge in [-0.3, -0.25) is 0 Å². The van der Waals surface area contributed by atoms with Crippen molar-refractivity contribution in [3.63, 3.8) is 0 Å². The highest BCUT2D eigenvalue weighted by atomic mass is 16.5. The minimum absolute atomic E-state index is 0.125. The maximum atomic E-state index is 11.2. The number of aliphatic hydroxyl groups excluding tert-OH is 2. The second-order valence-corrected chi connectivity index (χ2v) is 8.21. The van der Waals surface area contributed by atoms with Crippen LogP contribution < -0.4 is 0 Å². The Kier molecular flexibility index (Phi) is 35.4. The lowest BCUT2D eigenvalue weighted by Gasteiger charge is -2.05. The third-order valence-electron chi connectivity index (χ3n) is 4.85. The average Bonchev–Trinajstić information content (AvgIpc) is 2.81. The second kappa shape index (κ2) is 32.5. The Morgan fingerprint density at radius 3 is 1.27 bits per heavy atom. The van der Waals surface area contributed by atoms with Crippen molar-refractivity contribution < 1.29 is 29.6 Å². The SMILES string of the molecule is C=C(C)C(=O)OCCCCCCCCCCCCCCCCCC.C=CC(=O)O.OCCO. The lowest BCUT2D eigenvalue weighted by Crippen LogP contribution is -2.05. The summed E-state index contributed by atoms with van der Waals surface area (Å²) in [6.45, 7) is 10.8. The van der Waals surface area contributed by atoms with E-state index < -0.39 is 5.97 Å². The number of esters is 1. The predicted octanol–water partition coefficient (Wildman–Crippen LogP) is 6.60. The van der Waals surface area contributed by atoms with Crippen molar-refractivity contribution in [2.45, 2.75) is 117 Å². The maximum absolute atomic E-state index is 11.2. The highest BCUT2D eigenvalue weighted by molar-refractivity contribution is 5.86. The minimum Gasteiger partial charge on any atom is -0.478 e. The Labute approximate surface area is 203 Å². The summed E-state index contributed by atoms with van der Waals surface area (Å²) in [5.74, 6) is -1.24. The van der Waals surface area contributed by atoms with Crippen LogP contribution in [0.2, 0.25) is 0 Å². The summed E-state index contributed by atoms with van der Waals surface area (Å²) >= 11 is 0. The molecule has 0 aromatic carbocycles. The Morgan fingerprint density at radius 1 is 0.727 bits per heavy atom. The van der Waals surface area contributed by atoms with Gasteiger partial charge in [-0.25, -0.2) is 9.59 Å². The number of rotatable bonds is 20. The van der Waals surface area contributed by atoms with E-state index >= 15 is 0 Å². The van der Waals surface area contributed by atoms with Crippen molar-refractivity contribution in [1.29, 1.82) is 0 Å². The molecule has 0 amide bonds. The van der Waals surface area contributed by atoms with Crippen molar-refractivity contribution in [3.8, 4) is 0 Å². The van der Waals surface area contributed by atoms with E-state index in [-0.39, 0.29) is 19.2 Å². The van der Waals surface area contributed by atoms with E-state index in [1.165, 1.54) is 96.3 Å². The lowest BCUT2D eigenvalue weighted by molar-refractivity contribution is -0.139. The smallest absolute Gasteiger partial charge is 0.333 e. The van der Waals surface area contributed by atoms with Gasteiger partial charge in [-0.2, -0.15) is 0 Å². The molecule has 3 N–H and O–H groups in total. The van der Waals surface area contributed by atoms with Gasteiger partial charge < -0.3 is 20.1 Å². The van der Waals surface area contributed by atoms with Gasteiger partial charge in [-0.05, 0) is 13.3 Å². The fourth-order valence-electron chi connectivity index (χ4n) is 2.94. The van der Waals surface area contributed by atoms with E-state index in [0.29, 0.717) is 12.2 Å². The van der Waals surface area contributed by atoms with E-state index in [1.807, 2.05) is 0 Å². The van der Waals surface area contributed by atoms with Crippen molar-refractivity contribution in [1.82, 2.24) is 0 Å².